The van der Waals surface area contributed by atoms with E-state index in [1.54, 1.807) is 0 Å². The van der Waals surface area contributed by atoms with Crippen LogP contribution >= 0.6 is 0 Å². The minimum absolute atomic E-state index is 0.0704. The van der Waals surface area contributed by atoms with Gasteiger partial charge < -0.3 is 9.84 Å². The van der Waals surface area contributed by atoms with Crippen molar-refractivity contribution in [1.82, 2.24) is 10.4 Å². The smallest absolute Gasteiger partial charge is 0.307 e. The van der Waals surface area contributed by atoms with Crippen LogP contribution in [0.15, 0.2) is 24.3 Å². The summed E-state index contributed by atoms with van der Waals surface area (Å²) in [7, 11) is 0. The monoisotopic (exact) mass is 250 g/mol. The number of ether oxygens (including phenoxy) is 1. The van der Waals surface area contributed by atoms with Crippen molar-refractivity contribution >= 4 is 5.97 Å². The normalized spacial score (nSPS) is 16.7. The highest BCUT2D eigenvalue weighted by Crippen LogP contribution is 2.10. The fraction of sp³-hybridized carbons (Fsp3) is 0.462. The van der Waals surface area contributed by atoms with Gasteiger partial charge in [-0.1, -0.05) is 24.3 Å². The Balaban J connectivity index is 1.93. The van der Waals surface area contributed by atoms with Gasteiger partial charge in [-0.2, -0.15) is 0 Å². The maximum Gasteiger partial charge on any atom is 0.307 e. The zero-order chi connectivity index (χ0) is 12.8. The summed E-state index contributed by atoms with van der Waals surface area (Å²) in [5.41, 5.74) is 5.21. The number of nitrogens with one attached hydrogen (secondary N) is 1. The van der Waals surface area contributed by atoms with Crippen molar-refractivity contribution in [2.24, 2.45) is 0 Å². The van der Waals surface area contributed by atoms with Crippen LogP contribution in [0.3, 0.4) is 0 Å². The van der Waals surface area contributed by atoms with Gasteiger partial charge in [0.1, 0.15) is 0 Å². The van der Waals surface area contributed by atoms with Crippen LogP contribution in [0.1, 0.15) is 11.1 Å². The van der Waals surface area contributed by atoms with Crippen LogP contribution in [0.25, 0.3) is 0 Å². The first-order valence-electron chi connectivity index (χ1n) is 6.10. The molecule has 1 saturated heterocycles. The lowest BCUT2D eigenvalue weighted by Crippen LogP contribution is -2.45. The number of aliphatic carboxylic acids is 1. The fourth-order valence-electron chi connectivity index (χ4n) is 1.98. The number of benzene rings is 1. The van der Waals surface area contributed by atoms with E-state index in [0.29, 0.717) is 6.54 Å². The predicted molar refractivity (Wildman–Crippen MR) is 67.0 cm³/mol. The van der Waals surface area contributed by atoms with Crippen molar-refractivity contribution in [2.75, 3.05) is 26.3 Å². The van der Waals surface area contributed by atoms with Crippen molar-refractivity contribution in [1.29, 1.82) is 0 Å². The van der Waals surface area contributed by atoms with Crippen LogP contribution < -0.4 is 5.43 Å². The molecular weight excluding hydrogens is 232 g/mol. The SMILES string of the molecule is O=C(O)Cc1ccccc1CNN1CCOCC1. The molecule has 1 heterocycles. The van der Waals surface area contributed by atoms with Crippen molar-refractivity contribution < 1.29 is 14.6 Å². The molecule has 0 spiro atoms. The van der Waals surface area contributed by atoms with Crippen molar-refractivity contribution in [2.45, 2.75) is 13.0 Å². The zero-order valence-electron chi connectivity index (χ0n) is 10.3. The minimum atomic E-state index is -0.797. The molecule has 1 fully saturated rings. The molecule has 0 amide bonds. The fourth-order valence-corrected chi connectivity index (χ4v) is 1.98. The first-order chi connectivity index (χ1) is 8.75. The Morgan fingerprint density at radius 3 is 2.61 bits per heavy atom. The first-order valence-corrected chi connectivity index (χ1v) is 6.10. The second kappa shape index (κ2) is 6.49. The average molecular weight is 250 g/mol. The largest absolute Gasteiger partial charge is 0.481 e. The van der Waals surface area contributed by atoms with E-state index in [1.807, 2.05) is 24.3 Å². The summed E-state index contributed by atoms with van der Waals surface area (Å²) >= 11 is 0. The standard InChI is InChI=1S/C13H18N2O3/c16-13(17)9-11-3-1-2-4-12(11)10-14-15-5-7-18-8-6-15/h1-4,14H,5-10H2,(H,16,17). The number of morpholine rings is 1. The van der Waals surface area contributed by atoms with Crippen LogP contribution in [-0.4, -0.2) is 42.4 Å². The molecule has 2 rings (SSSR count). The van der Waals surface area contributed by atoms with Gasteiger partial charge in [0.05, 0.1) is 19.6 Å². The van der Waals surface area contributed by atoms with E-state index in [4.69, 9.17) is 9.84 Å². The highest BCUT2D eigenvalue weighted by molar-refractivity contribution is 5.70. The van der Waals surface area contributed by atoms with Crippen LogP contribution in [0.4, 0.5) is 0 Å². The van der Waals surface area contributed by atoms with Gasteiger partial charge in [0.2, 0.25) is 0 Å². The molecule has 0 radical (unpaired) electrons. The Morgan fingerprint density at radius 1 is 1.28 bits per heavy atom. The third-order valence-corrected chi connectivity index (χ3v) is 2.96. The van der Waals surface area contributed by atoms with Gasteiger partial charge in [0.25, 0.3) is 0 Å². The van der Waals surface area contributed by atoms with Gasteiger partial charge in [-0.15, -0.1) is 0 Å². The maximum atomic E-state index is 10.8. The Labute approximate surface area is 106 Å². The maximum absolute atomic E-state index is 10.8. The van der Waals surface area contributed by atoms with E-state index in [2.05, 4.69) is 10.4 Å². The van der Waals surface area contributed by atoms with Crippen molar-refractivity contribution in [3.8, 4) is 0 Å². The topological polar surface area (TPSA) is 61.8 Å². The van der Waals surface area contributed by atoms with E-state index < -0.39 is 5.97 Å². The molecule has 0 unspecified atom stereocenters. The highest BCUT2D eigenvalue weighted by Gasteiger charge is 2.11. The molecule has 5 nitrogen and oxygen atoms in total. The molecular formula is C13H18N2O3. The molecule has 2 N–H and O–H groups in total. The molecule has 1 aliphatic heterocycles. The van der Waals surface area contributed by atoms with Crippen LogP contribution in [0, 0.1) is 0 Å². The molecule has 18 heavy (non-hydrogen) atoms. The van der Waals surface area contributed by atoms with Crippen LogP contribution in [0.5, 0.6) is 0 Å². The molecule has 0 atom stereocenters. The Hall–Kier alpha value is -1.43. The van der Waals surface area contributed by atoms with Gasteiger partial charge in [0.15, 0.2) is 0 Å². The second-order valence-electron chi connectivity index (χ2n) is 4.27. The van der Waals surface area contributed by atoms with Gasteiger partial charge in [-0.3, -0.25) is 10.2 Å². The number of carboxylic acid groups (broad SMARTS) is 1. The molecule has 1 aromatic carbocycles. The number of hydrazine groups is 1. The zero-order valence-corrected chi connectivity index (χ0v) is 10.3. The average Bonchev–Trinajstić information content (AvgIpc) is 2.38. The summed E-state index contributed by atoms with van der Waals surface area (Å²) in [5, 5.41) is 11.0. The number of nitrogens with zero attached hydrogens (tertiary/aromatic N) is 1. The van der Waals surface area contributed by atoms with E-state index in [9.17, 15) is 4.79 Å². The minimum Gasteiger partial charge on any atom is -0.481 e. The van der Waals surface area contributed by atoms with Crippen molar-refractivity contribution in [3.63, 3.8) is 0 Å². The summed E-state index contributed by atoms with van der Waals surface area (Å²) < 4.78 is 5.27. The molecule has 1 aliphatic rings. The predicted octanol–water partition coefficient (Wildman–Crippen LogP) is 0.651. The lowest BCUT2D eigenvalue weighted by molar-refractivity contribution is -0.136. The third-order valence-electron chi connectivity index (χ3n) is 2.96. The molecule has 1 aromatic rings. The van der Waals surface area contributed by atoms with Gasteiger partial charge in [0, 0.05) is 19.6 Å². The number of hydrogen-bond donors (Lipinski definition) is 2. The summed E-state index contributed by atoms with van der Waals surface area (Å²) in [6.07, 6.45) is 0.0704. The van der Waals surface area contributed by atoms with Crippen LogP contribution in [-0.2, 0) is 22.5 Å². The van der Waals surface area contributed by atoms with Gasteiger partial charge in [-0.25, -0.2) is 5.01 Å². The number of carboxylic acids is 1. The van der Waals surface area contributed by atoms with E-state index in [1.165, 1.54) is 0 Å². The Morgan fingerprint density at radius 2 is 1.94 bits per heavy atom. The summed E-state index contributed by atoms with van der Waals surface area (Å²) in [6, 6.07) is 7.63. The Kier molecular flexibility index (Phi) is 4.69. The highest BCUT2D eigenvalue weighted by atomic mass is 16.5. The van der Waals surface area contributed by atoms with E-state index >= 15 is 0 Å². The lowest BCUT2D eigenvalue weighted by Gasteiger charge is -2.27. The van der Waals surface area contributed by atoms with Gasteiger partial charge >= 0.3 is 5.97 Å². The molecule has 5 heteroatoms. The van der Waals surface area contributed by atoms with E-state index in [0.717, 1.165) is 37.4 Å². The Bertz CT molecular complexity index is 403. The number of rotatable bonds is 5. The van der Waals surface area contributed by atoms with Crippen LogP contribution in [0.2, 0.25) is 0 Å². The first kappa shape index (κ1) is 13.0. The summed E-state index contributed by atoms with van der Waals surface area (Å²) in [4.78, 5) is 10.8. The number of hydrogen-bond acceptors (Lipinski definition) is 4. The second-order valence-corrected chi connectivity index (χ2v) is 4.27. The third kappa shape index (κ3) is 3.80. The molecule has 98 valence electrons. The molecule has 0 bridgehead atoms. The van der Waals surface area contributed by atoms with Crippen molar-refractivity contribution in [3.05, 3.63) is 35.4 Å². The molecule has 0 aliphatic carbocycles. The van der Waals surface area contributed by atoms with Gasteiger partial charge in [-0.05, 0) is 11.1 Å². The summed E-state index contributed by atoms with van der Waals surface area (Å²) in [6.45, 7) is 3.86. The molecule has 0 aromatic heterocycles. The molecule has 0 saturated carbocycles. The number of carbonyl (C=O) groups is 1. The van der Waals surface area contributed by atoms with E-state index in [-0.39, 0.29) is 6.42 Å². The summed E-state index contributed by atoms with van der Waals surface area (Å²) in [5.74, 6) is -0.797. The quantitative estimate of drug-likeness (QED) is 0.803. The lowest BCUT2D eigenvalue weighted by atomic mass is 10.0.